The van der Waals surface area contributed by atoms with Crippen molar-refractivity contribution in [3.8, 4) is 0 Å². The van der Waals surface area contributed by atoms with Gasteiger partial charge in [0, 0.05) is 12.6 Å². The zero-order valence-corrected chi connectivity index (χ0v) is 7.28. The van der Waals surface area contributed by atoms with Crippen molar-refractivity contribution in [3.63, 3.8) is 0 Å². The molecule has 13 heavy (non-hydrogen) atoms. The lowest BCUT2D eigenvalue weighted by molar-refractivity contribution is -0.137. The Morgan fingerprint density at radius 2 is 2.15 bits per heavy atom. The summed E-state index contributed by atoms with van der Waals surface area (Å²) in [7, 11) is 0. The van der Waals surface area contributed by atoms with Crippen molar-refractivity contribution < 1.29 is 19.4 Å². The third kappa shape index (κ3) is 8.39. The quantitative estimate of drug-likeness (QED) is 0.365. The molecule has 0 atom stereocenters. The molecule has 0 fully saturated rings. The van der Waals surface area contributed by atoms with E-state index < -0.39 is 12.1 Å². The maximum atomic E-state index is 10.5. The van der Waals surface area contributed by atoms with Crippen molar-refractivity contribution in [2.24, 2.45) is 0 Å². The van der Waals surface area contributed by atoms with Gasteiger partial charge < -0.3 is 15.2 Å². The van der Waals surface area contributed by atoms with Gasteiger partial charge in [-0.15, -0.1) is 0 Å². The molecule has 0 radical (unpaired) electrons. The number of hydrogen-bond acceptors (Lipinski definition) is 3. The van der Waals surface area contributed by atoms with Gasteiger partial charge in [-0.05, 0) is 12.8 Å². The van der Waals surface area contributed by atoms with Crippen molar-refractivity contribution >= 4 is 12.1 Å². The van der Waals surface area contributed by atoms with E-state index in [0.717, 1.165) is 6.08 Å². The van der Waals surface area contributed by atoms with Crippen LogP contribution in [0.5, 0.6) is 0 Å². The number of hydrogen-bond donors (Lipinski definition) is 2. The minimum atomic E-state index is -1.04. The first-order valence-corrected chi connectivity index (χ1v) is 3.93. The molecule has 2 N–H and O–H groups in total. The Hall–Kier alpha value is -1.52. The van der Waals surface area contributed by atoms with E-state index in [2.05, 4.69) is 16.6 Å². The van der Waals surface area contributed by atoms with Gasteiger partial charge in [0.05, 0.1) is 6.61 Å². The fourth-order valence-electron chi connectivity index (χ4n) is 0.654. The van der Waals surface area contributed by atoms with Gasteiger partial charge in [-0.2, -0.15) is 0 Å². The summed E-state index contributed by atoms with van der Waals surface area (Å²) in [6.07, 6.45) is 1.34. The van der Waals surface area contributed by atoms with E-state index in [-0.39, 0.29) is 0 Å². The number of rotatable bonds is 6. The van der Waals surface area contributed by atoms with Crippen LogP contribution in [0, 0.1) is 0 Å². The Morgan fingerprint density at radius 1 is 1.46 bits per heavy atom. The number of carbonyl (C=O) groups excluding carboxylic acids is 1. The van der Waals surface area contributed by atoms with E-state index in [1.807, 2.05) is 0 Å². The van der Waals surface area contributed by atoms with Gasteiger partial charge in [0.15, 0.2) is 0 Å². The number of unbranched alkanes of at least 4 members (excludes halogenated alkanes) is 1. The van der Waals surface area contributed by atoms with Crippen LogP contribution in [0.4, 0.5) is 4.79 Å². The molecule has 5 heteroatoms. The summed E-state index contributed by atoms with van der Waals surface area (Å²) in [5.41, 5.74) is 0. The highest BCUT2D eigenvalue weighted by Gasteiger charge is 1.96. The van der Waals surface area contributed by atoms with Crippen LogP contribution in [0.15, 0.2) is 12.7 Å². The number of ether oxygens (including phenoxy) is 1. The number of esters is 1. The minimum Gasteiger partial charge on any atom is -0.465 e. The van der Waals surface area contributed by atoms with Crippen molar-refractivity contribution in [2.45, 2.75) is 12.8 Å². The third-order valence-electron chi connectivity index (χ3n) is 1.26. The van der Waals surface area contributed by atoms with E-state index in [1.165, 1.54) is 0 Å². The predicted octanol–water partition coefficient (Wildman–Crippen LogP) is 0.763. The maximum absolute atomic E-state index is 10.5. The van der Waals surface area contributed by atoms with E-state index in [9.17, 15) is 9.59 Å². The van der Waals surface area contributed by atoms with E-state index in [0.29, 0.717) is 26.0 Å². The van der Waals surface area contributed by atoms with Crippen molar-refractivity contribution in [3.05, 3.63) is 12.7 Å². The largest absolute Gasteiger partial charge is 0.465 e. The highest BCUT2D eigenvalue weighted by molar-refractivity contribution is 5.81. The van der Waals surface area contributed by atoms with Crippen LogP contribution in [0.25, 0.3) is 0 Å². The molecule has 5 nitrogen and oxygen atoms in total. The summed E-state index contributed by atoms with van der Waals surface area (Å²) >= 11 is 0. The highest BCUT2D eigenvalue weighted by Crippen LogP contribution is 1.89. The topological polar surface area (TPSA) is 75.6 Å². The van der Waals surface area contributed by atoms with Crippen molar-refractivity contribution in [1.29, 1.82) is 0 Å². The van der Waals surface area contributed by atoms with Gasteiger partial charge in [0.25, 0.3) is 0 Å². The molecule has 0 spiro atoms. The Morgan fingerprint density at radius 3 is 2.69 bits per heavy atom. The van der Waals surface area contributed by atoms with Gasteiger partial charge >= 0.3 is 12.1 Å². The molecule has 0 rings (SSSR count). The minimum absolute atomic E-state index is 0.298. The molecule has 0 aliphatic rings. The molecule has 74 valence electrons. The number of carbonyl (C=O) groups is 2. The van der Waals surface area contributed by atoms with E-state index >= 15 is 0 Å². The molecular weight excluding hydrogens is 174 g/mol. The van der Waals surface area contributed by atoms with Crippen LogP contribution < -0.4 is 5.32 Å². The summed E-state index contributed by atoms with van der Waals surface area (Å²) in [6, 6.07) is 0. The van der Waals surface area contributed by atoms with Crippen LogP contribution in [0.1, 0.15) is 12.8 Å². The van der Waals surface area contributed by atoms with Gasteiger partial charge in [-0.1, -0.05) is 6.58 Å². The second-order valence-electron chi connectivity index (χ2n) is 2.31. The molecule has 0 unspecified atom stereocenters. The fourth-order valence-corrected chi connectivity index (χ4v) is 0.654. The molecule has 0 aliphatic carbocycles. The highest BCUT2D eigenvalue weighted by atomic mass is 16.5. The number of nitrogens with one attached hydrogen (secondary N) is 1. The van der Waals surface area contributed by atoms with Gasteiger partial charge in [0.2, 0.25) is 0 Å². The van der Waals surface area contributed by atoms with Crippen LogP contribution in [-0.4, -0.2) is 30.3 Å². The predicted molar refractivity (Wildman–Crippen MR) is 46.4 cm³/mol. The molecule has 0 bridgehead atoms. The molecule has 0 aromatic heterocycles. The summed E-state index contributed by atoms with van der Waals surface area (Å²) in [4.78, 5) is 20.5. The molecule has 0 saturated heterocycles. The third-order valence-corrected chi connectivity index (χ3v) is 1.26. The number of carboxylic acid groups (broad SMARTS) is 1. The average molecular weight is 187 g/mol. The first-order chi connectivity index (χ1) is 6.16. The fraction of sp³-hybridized carbons (Fsp3) is 0.500. The standard InChI is InChI=1S/C8H13NO4/c1-2-7(10)13-6-4-3-5-9-8(11)12/h2,9H,1,3-6H2,(H,11,12). The smallest absolute Gasteiger partial charge is 0.404 e. The zero-order valence-electron chi connectivity index (χ0n) is 7.28. The van der Waals surface area contributed by atoms with Crippen LogP contribution >= 0.6 is 0 Å². The monoisotopic (exact) mass is 187 g/mol. The van der Waals surface area contributed by atoms with Gasteiger partial charge in [-0.25, -0.2) is 9.59 Å². The SMILES string of the molecule is C=CC(=O)OCCCCNC(=O)O. The molecule has 0 aromatic carbocycles. The summed E-state index contributed by atoms with van der Waals surface area (Å²) < 4.78 is 4.67. The summed E-state index contributed by atoms with van der Waals surface area (Å²) in [5.74, 6) is -0.453. The van der Waals surface area contributed by atoms with Crippen LogP contribution in [0.3, 0.4) is 0 Å². The van der Waals surface area contributed by atoms with Crippen LogP contribution in [-0.2, 0) is 9.53 Å². The molecule has 0 aromatic rings. The average Bonchev–Trinajstić information content (AvgIpc) is 2.10. The first kappa shape index (κ1) is 11.5. The first-order valence-electron chi connectivity index (χ1n) is 3.93. The van der Waals surface area contributed by atoms with Crippen molar-refractivity contribution in [2.75, 3.05) is 13.2 Å². The summed E-state index contributed by atoms with van der Waals surface area (Å²) in [6.45, 7) is 3.91. The second-order valence-corrected chi connectivity index (χ2v) is 2.31. The summed E-state index contributed by atoms with van der Waals surface area (Å²) in [5, 5.41) is 10.4. The van der Waals surface area contributed by atoms with E-state index in [4.69, 9.17) is 5.11 Å². The lowest BCUT2D eigenvalue weighted by atomic mass is 10.3. The molecule has 1 amide bonds. The molecule has 0 heterocycles. The van der Waals surface area contributed by atoms with Gasteiger partial charge in [-0.3, -0.25) is 0 Å². The lowest BCUT2D eigenvalue weighted by Crippen LogP contribution is -2.22. The zero-order chi connectivity index (χ0) is 10.1. The normalized spacial score (nSPS) is 8.92. The Balaban J connectivity index is 3.12. The maximum Gasteiger partial charge on any atom is 0.404 e. The van der Waals surface area contributed by atoms with Gasteiger partial charge in [0.1, 0.15) is 0 Å². The Bertz CT molecular complexity index is 191. The molecule has 0 aliphatic heterocycles. The number of amides is 1. The van der Waals surface area contributed by atoms with Crippen LogP contribution in [0.2, 0.25) is 0 Å². The Kier molecular flexibility index (Phi) is 6.31. The van der Waals surface area contributed by atoms with E-state index in [1.54, 1.807) is 0 Å². The Labute approximate surface area is 76.4 Å². The molecule has 0 saturated carbocycles. The molecular formula is C8H13NO4. The second kappa shape index (κ2) is 7.15. The lowest BCUT2D eigenvalue weighted by Gasteiger charge is -2.01. The van der Waals surface area contributed by atoms with Crippen molar-refractivity contribution in [1.82, 2.24) is 5.32 Å².